The van der Waals surface area contributed by atoms with Crippen molar-refractivity contribution in [2.24, 2.45) is 0 Å². The van der Waals surface area contributed by atoms with Gasteiger partial charge in [-0.1, -0.05) is 0 Å². The summed E-state index contributed by atoms with van der Waals surface area (Å²) in [6.07, 6.45) is 1.00. The van der Waals surface area contributed by atoms with E-state index >= 15 is 0 Å². The minimum atomic E-state index is -0.355. The van der Waals surface area contributed by atoms with Gasteiger partial charge in [0, 0.05) is 19.0 Å². The monoisotopic (exact) mass is 256 g/mol. The number of esters is 1. The average molecular weight is 256 g/mol. The first-order valence-electron chi connectivity index (χ1n) is 5.65. The zero-order valence-corrected chi connectivity index (χ0v) is 10.8. The molecule has 1 aromatic rings. The number of aromatic nitrogens is 1. The molecule has 5 nitrogen and oxygen atoms in total. The van der Waals surface area contributed by atoms with Gasteiger partial charge >= 0.3 is 5.97 Å². The van der Waals surface area contributed by atoms with Crippen LogP contribution in [0.4, 0.5) is 5.13 Å². The van der Waals surface area contributed by atoms with Crippen LogP contribution >= 0.6 is 11.3 Å². The predicted octanol–water partition coefficient (Wildman–Crippen LogP) is 1.54. The van der Waals surface area contributed by atoms with Gasteiger partial charge in [-0.25, -0.2) is 9.78 Å². The quantitative estimate of drug-likeness (QED) is 0.765. The van der Waals surface area contributed by atoms with E-state index in [2.05, 4.69) is 9.88 Å². The van der Waals surface area contributed by atoms with Crippen LogP contribution < -0.4 is 4.90 Å². The predicted molar refractivity (Wildman–Crippen MR) is 65.7 cm³/mol. The van der Waals surface area contributed by atoms with Crippen molar-refractivity contribution in [3.63, 3.8) is 0 Å². The fourth-order valence-corrected chi connectivity index (χ4v) is 2.54. The largest absolute Gasteiger partial charge is 0.461 e. The molecular weight excluding hydrogens is 240 g/mol. The smallest absolute Gasteiger partial charge is 0.357 e. The molecule has 2 heterocycles. The molecule has 0 aliphatic carbocycles. The second-order valence-corrected chi connectivity index (χ2v) is 4.70. The van der Waals surface area contributed by atoms with Crippen LogP contribution in [0.25, 0.3) is 0 Å². The van der Waals surface area contributed by atoms with Crippen LogP contribution in [0.2, 0.25) is 0 Å². The van der Waals surface area contributed by atoms with E-state index in [1.54, 1.807) is 12.3 Å². The lowest BCUT2D eigenvalue weighted by Crippen LogP contribution is -2.31. The molecule has 6 heteroatoms. The van der Waals surface area contributed by atoms with Crippen LogP contribution in [-0.4, -0.2) is 43.9 Å². The Morgan fingerprint density at radius 1 is 1.76 bits per heavy atom. The fraction of sp³-hybridized carbons (Fsp3) is 0.636. The SMILES string of the molecule is CCOC(=O)c1csc(N(C)C2CCOC2)n1. The lowest BCUT2D eigenvalue weighted by atomic mass is 10.2. The maximum atomic E-state index is 11.5. The Labute approximate surface area is 104 Å². The number of nitrogens with zero attached hydrogens (tertiary/aromatic N) is 2. The maximum absolute atomic E-state index is 11.5. The van der Waals surface area contributed by atoms with Crippen molar-refractivity contribution in [3.05, 3.63) is 11.1 Å². The molecule has 0 N–H and O–H groups in total. The van der Waals surface area contributed by atoms with Gasteiger partial charge in [0.05, 0.1) is 19.3 Å². The topological polar surface area (TPSA) is 51.7 Å². The lowest BCUT2D eigenvalue weighted by molar-refractivity contribution is 0.0520. The molecule has 1 unspecified atom stereocenters. The molecule has 1 aliphatic heterocycles. The van der Waals surface area contributed by atoms with E-state index in [9.17, 15) is 4.79 Å². The summed E-state index contributed by atoms with van der Waals surface area (Å²) in [5.41, 5.74) is 0.387. The van der Waals surface area contributed by atoms with Crippen molar-refractivity contribution in [2.75, 3.05) is 31.8 Å². The van der Waals surface area contributed by atoms with Gasteiger partial charge in [-0.15, -0.1) is 11.3 Å². The first kappa shape index (κ1) is 12.3. The fourth-order valence-electron chi connectivity index (χ4n) is 1.71. The molecule has 2 rings (SSSR count). The minimum Gasteiger partial charge on any atom is -0.461 e. The third kappa shape index (κ3) is 2.76. The molecule has 0 spiro atoms. The second kappa shape index (κ2) is 5.46. The number of thiazole rings is 1. The van der Waals surface area contributed by atoms with Crippen LogP contribution in [0.5, 0.6) is 0 Å². The number of carbonyl (C=O) groups is 1. The second-order valence-electron chi connectivity index (χ2n) is 3.86. The van der Waals surface area contributed by atoms with Crippen LogP contribution in [-0.2, 0) is 9.47 Å². The molecular formula is C11H16N2O3S. The standard InChI is InChI=1S/C11H16N2O3S/c1-3-16-10(14)9-7-17-11(12-9)13(2)8-4-5-15-6-8/h7-8H,3-6H2,1-2H3. The third-order valence-corrected chi connectivity index (χ3v) is 3.66. The van der Waals surface area contributed by atoms with Gasteiger partial charge in [0.1, 0.15) is 0 Å². The van der Waals surface area contributed by atoms with Gasteiger partial charge < -0.3 is 14.4 Å². The van der Waals surface area contributed by atoms with Crippen molar-refractivity contribution in [1.82, 2.24) is 4.98 Å². The molecule has 0 bridgehead atoms. The Morgan fingerprint density at radius 2 is 2.59 bits per heavy atom. The van der Waals surface area contributed by atoms with Crippen molar-refractivity contribution in [3.8, 4) is 0 Å². The Kier molecular flexibility index (Phi) is 3.96. The molecule has 0 radical (unpaired) electrons. The Balaban J connectivity index is 2.04. The highest BCUT2D eigenvalue weighted by molar-refractivity contribution is 7.13. The highest BCUT2D eigenvalue weighted by atomic mass is 32.1. The summed E-state index contributed by atoms with van der Waals surface area (Å²) in [4.78, 5) is 17.8. The van der Waals surface area contributed by atoms with Crippen molar-refractivity contribution in [1.29, 1.82) is 0 Å². The summed E-state index contributed by atoms with van der Waals surface area (Å²) in [5, 5.41) is 2.57. The minimum absolute atomic E-state index is 0.355. The van der Waals surface area contributed by atoms with E-state index in [4.69, 9.17) is 9.47 Å². The molecule has 0 amide bonds. The van der Waals surface area contributed by atoms with Crippen LogP contribution in [0.1, 0.15) is 23.8 Å². The molecule has 1 fully saturated rings. The van der Waals surface area contributed by atoms with Crippen LogP contribution in [0.15, 0.2) is 5.38 Å². The number of carbonyl (C=O) groups excluding carboxylic acids is 1. The van der Waals surface area contributed by atoms with E-state index in [-0.39, 0.29) is 5.97 Å². The van der Waals surface area contributed by atoms with Gasteiger partial charge in [-0.05, 0) is 13.3 Å². The van der Waals surface area contributed by atoms with E-state index in [0.717, 1.165) is 24.8 Å². The molecule has 1 aromatic heterocycles. The van der Waals surface area contributed by atoms with E-state index < -0.39 is 0 Å². The zero-order chi connectivity index (χ0) is 12.3. The first-order valence-corrected chi connectivity index (χ1v) is 6.53. The van der Waals surface area contributed by atoms with Crippen molar-refractivity contribution < 1.29 is 14.3 Å². The average Bonchev–Trinajstić information content (AvgIpc) is 3.00. The zero-order valence-electron chi connectivity index (χ0n) is 10.0. The van der Waals surface area contributed by atoms with Crippen molar-refractivity contribution in [2.45, 2.75) is 19.4 Å². The third-order valence-electron chi connectivity index (χ3n) is 2.73. The first-order chi connectivity index (χ1) is 8.22. The molecule has 94 valence electrons. The number of ether oxygens (including phenoxy) is 2. The summed E-state index contributed by atoms with van der Waals surface area (Å²) < 4.78 is 10.2. The molecule has 0 saturated carbocycles. The molecule has 0 aromatic carbocycles. The number of likely N-dealkylation sites (N-methyl/N-ethyl adjacent to an activating group) is 1. The maximum Gasteiger partial charge on any atom is 0.357 e. The van der Waals surface area contributed by atoms with Crippen LogP contribution in [0, 0.1) is 0 Å². The van der Waals surface area contributed by atoms with E-state index in [1.165, 1.54) is 11.3 Å². The Hall–Kier alpha value is -1.14. The molecule has 1 atom stereocenters. The molecule has 17 heavy (non-hydrogen) atoms. The van der Waals surface area contributed by atoms with Crippen LogP contribution in [0.3, 0.4) is 0 Å². The van der Waals surface area contributed by atoms with E-state index in [0.29, 0.717) is 18.3 Å². The van der Waals surface area contributed by atoms with Gasteiger partial charge in [0.25, 0.3) is 0 Å². The number of rotatable bonds is 4. The van der Waals surface area contributed by atoms with Gasteiger partial charge in [-0.2, -0.15) is 0 Å². The summed E-state index contributed by atoms with van der Waals surface area (Å²) in [5.74, 6) is -0.355. The van der Waals surface area contributed by atoms with E-state index in [1.807, 2.05) is 7.05 Å². The van der Waals surface area contributed by atoms with Gasteiger partial charge in [-0.3, -0.25) is 0 Å². The van der Waals surface area contributed by atoms with Crippen molar-refractivity contribution >= 4 is 22.4 Å². The molecule has 1 saturated heterocycles. The highest BCUT2D eigenvalue weighted by Gasteiger charge is 2.23. The number of hydrogen-bond acceptors (Lipinski definition) is 6. The number of anilines is 1. The summed E-state index contributed by atoms with van der Waals surface area (Å²) in [7, 11) is 1.98. The lowest BCUT2D eigenvalue weighted by Gasteiger charge is -2.21. The number of hydrogen-bond donors (Lipinski definition) is 0. The Bertz CT molecular complexity index is 388. The summed E-state index contributed by atoms with van der Waals surface area (Å²) in [6, 6.07) is 0.358. The normalized spacial score (nSPS) is 19.3. The Morgan fingerprint density at radius 3 is 3.24 bits per heavy atom. The highest BCUT2D eigenvalue weighted by Crippen LogP contribution is 2.24. The summed E-state index contributed by atoms with van der Waals surface area (Å²) in [6.45, 7) is 3.68. The van der Waals surface area contributed by atoms with Gasteiger partial charge in [0.15, 0.2) is 10.8 Å². The summed E-state index contributed by atoms with van der Waals surface area (Å²) >= 11 is 1.46. The molecule has 1 aliphatic rings. The van der Waals surface area contributed by atoms with Gasteiger partial charge in [0.2, 0.25) is 0 Å².